The summed E-state index contributed by atoms with van der Waals surface area (Å²) in [5.41, 5.74) is 1.04. The fraction of sp³-hybridized carbons (Fsp3) is 0.407. The fourth-order valence-electron chi connectivity index (χ4n) is 5.76. The van der Waals surface area contributed by atoms with Gasteiger partial charge in [0, 0.05) is 25.5 Å². The molecule has 2 aliphatic rings. The smallest absolute Gasteiger partial charge is 0.432 e. The molecule has 2 N–H and O–H groups in total. The highest BCUT2D eigenvalue weighted by atomic mass is 16.5. The average Bonchev–Trinajstić information content (AvgIpc) is 3.67. The molecule has 37 heavy (non-hydrogen) atoms. The first-order valence-corrected chi connectivity index (χ1v) is 12.4. The van der Waals surface area contributed by atoms with E-state index < -0.39 is 17.6 Å². The maximum Gasteiger partial charge on any atom is 0.432 e. The number of anilines is 1. The molecular weight excluding hydrogens is 476 g/mol. The number of carbonyl (C=O) groups excluding carboxylic acids is 2. The molecule has 0 unspecified atom stereocenters. The molecule has 1 saturated carbocycles. The summed E-state index contributed by atoms with van der Waals surface area (Å²) in [7, 11) is 3.19. The molecule has 5 rings (SSSR count). The van der Waals surface area contributed by atoms with Crippen molar-refractivity contribution in [2.45, 2.75) is 49.7 Å². The summed E-state index contributed by atoms with van der Waals surface area (Å²) in [4.78, 5) is 40.9. The van der Waals surface area contributed by atoms with Gasteiger partial charge in [-0.25, -0.2) is 4.79 Å². The summed E-state index contributed by atoms with van der Waals surface area (Å²) in [6, 6.07) is 11.9. The number of likely N-dealkylation sites (tertiary alicyclic amines) is 1. The normalized spacial score (nSPS) is 20.8. The number of carbonyl (C=O) groups is 3. The second-order valence-electron chi connectivity index (χ2n) is 9.65. The molecule has 3 aromatic rings. The van der Waals surface area contributed by atoms with Gasteiger partial charge in [0.25, 0.3) is 0 Å². The van der Waals surface area contributed by atoms with Crippen LogP contribution in [0.1, 0.15) is 37.7 Å². The molecule has 2 fully saturated rings. The lowest BCUT2D eigenvalue weighted by molar-refractivity contribution is -0.142. The number of hydrogen-bond donors (Lipinski definition) is 2. The van der Waals surface area contributed by atoms with Gasteiger partial charge >= 0.3 is 6.09 Å². The number of carboxylic acid groups (broad SMARTS) is 1. The highest BCUT2D eigenvalue weighted by molar-refractivity contribution is 6.05. The first-order chi connectivity index (χ1) is 17.9. The van der Waals surface area contributed by atoms with E-state index in [1.807, 2.05) is 24.3 Å². The van der Waals surface area contributed by atoms with Crippen molar-refractivity contribution in [1.29, 1.82) is 0 Å². The Kier molecular flexibility index (Phi) is 6.59. The molecule has 2 aromatic carbocycles. The van der Waals surface area contributed by atoms with Crippen molar-refractivity contribution >= 4 is 34.5 Å². The van der Waals surface area contributed by atoms with Crippen LogP contribution in [0.2, 0.25) is 0 Å². The van der Waals surface area contributed by atoms with E-state index in [1.165, 1.54) is 6.20 Å². The van der Waals surface area contributed by atoms with Crippen LogP contribution in [0.3, 0.4) is 0 Å². The van der Waals surface area contributed by atoms with Gasteiger partial charge in [-0.3, -0.25) is 9.59 Å². The maximum atomic E-state index is 14.2. The SMILES string of the molecule is COc1ccc(C2(C(=O)N3C[C@H](OC)C[C@@H]3C(=O)Nc3cccc4c3cnn4C(=O)O)CCCC2)cc1. The summed E-state index contributed by atoms with van der Waals surface area (Å²) in [5, 5.41) is 16.7. The summed E-state index contributed by atoms with van der Waals surface area (Å²) < 4.78 is 11.7. The minimum absolute atomic E-state index is 0.0632. The number of methoxy groups -OCH3 is 2. The van der Waals surface area contributed by atoms with Crippen LogP contribution in [0, 0.1) is 0 Å². The van der Waals surface area contributed by atoms with E-state index in [0.29, 0.717) is 42.4 Å². The van der Waals surface area contributed by atoms with E-state index in [2.05, 4.69) is 10.4 Å². The molecule has 0 bridgehead atoms. The minimum atomic E-state index is -1.21. The van der Waals surface area contributed by atoms with Crippen molar-refractivity contribution in [3.8, 4) is 5.75 Å². The molecule has 2 heterocycles. The summed E-state index contributed by atoms with van der Waals surface area (Å²) in [6.07, 6.45) is 3.61. The first kappa shape index (κ1) is 24.8. The third-order valence-electron chi connectivity index (χ3n) is 7.72. The predicted octanol–water partition coefficient (Wildman–Crippen LogP) is 3.64. The standard InChI is InChI=1S/C27H30N4O6/c1-36-18-10-8-17(9-11-18)27(12-3-4-13-27)25(33)30-16-19(37-2)14-23(30)24(32)29-21-6-5-7-22-20(21)15-28-31(22)26(34)35/h5-11,15,19,23H,3-4,12-14,16H2,1-2H3,(H,29,32)(H,34,35)/t19-,23-/m1/s1. The quantitative estimate of drug-likeness (QED) is 0.523. The lowest BCUT2D eigenvalue weighted by Crippen LogP contribution is -2.51. The Morgan fingerprint density at radius 3 is 2.46 bits per heavy atom. The van der Waals surface area contributed by atoms with Gasteiger partial charge < -0.3 is 24.8 Å². The van der Waals surface area contributed by atoms with E-state index in [1.54, 1.807) is 37.3 Å². The zero-order chi connectivity index (χ0) is 26.2. The number of benzene rings is 2. The molecule has 0 radical (unpaired) electrons. The molecule has 1 saturated heterocycles. The van der Waals surface area contributed by atoms with Crippen molar-refractivity contribution in [2.24, 2.45) is 0 Å². The zero-order valence-electron chi connectivity index (χ0n) is 20.8. The lowest BCUT2D eigenvalue weighted by Gasteiger charge is -2.35. The summed E-state index contributed by atoms with van der Waals surface area (Å²) in [6.45, 7) is 0.326. The molecule has 1 aliphatic heterocycles. The lowest BCUT2D eigenvalue weighted by atomic mass is 9.77. The molecule has 10 heteroatoms. The van der Waals surface area contributed by atoms with Crippen molar-refractivity contribution in [2.75, 3.05) is 26.1 Å². The van der Waals surface area contributed by atoms with E-state index in [-0.39, 0.29) is 17.9 Å². The largest absolute Gasteiger partial charge is 0.497 e. The monoisotopic (exact) mass is 506 g/mol. The summed E-state index contributed by atoms with van der Waals surface area (Å²) >= 11 is 0. The Labute approximate surface area is 214 Å². The number of nitrogens with zero attached hydrogens (tertiary/aromatic N) is 3. The predicted molar refractivity (Wildman–Crippen MR) is 136 cm³/mol. The Morgan fingerprint density at radius 1 is 1.08 bits per heavy atom. The number of fused-ring (bicyclic) bond motifs is 1. The molecule has 10 nitrogen and oxygen atoms in total. The van der Waals surface area contributed by atoms with Crippen LogP contribution in [0.25, 0.3) is 10.9 Å². The van der Waals surface area contributed by atoms with Crippen molar-refractivity contribution in [3.05, 3.63) is 54.2 Å². The number of hydrogen-bond acceptors (Lipinski definition) is 6. The van der Waals surface area contributed by atoms with E-state index >= 15 is 0 Å². The van der Waals surface area contributed by atoms with Gasteiger partial charge in [0.1, 0.15) is 11.8 Å². The van der Waals surface area contributed by atoms with Gasteiger partial charge in [-0.05, 0) is 42.7 Å². The second kappa shape index (κ2) is 9.85. The van der Waals surface area contributed by atoms with E-state index in [4.69, 9.17) is 9.47 Å². The Morgan fingerprint density at radius 2 is 1.81 bits per heavy atom. The zero-order valence-corrected chi connectivity index (χ0v) is 20.8. The molecule has 2 amide bonds. The Balaban J connectivity index is 1.44. The third kappa shape index (κ3) is 4.31. The molecular formula is C27H30N4O6. The van der Waals surface area contributed by atoms with Crippen LogP contribution in [0.4, 0.5) is 10.5 Å². The van der Waals surface area contributed by atoms with Gasteiger partial charge in [0.05, 0.1) is 36.0 Å². The molecule has 1 aliphatic carbocycles. The van der Waals surface area contributed by atoms with Gasteiger partial charge in [0.15, 0.2) is 0 Å². The molecule has 2 atom stereocenters. The summed E-state index contributed by atoms with van der Waals surface area (Å²) in [5.74, 6) is 0.320. The number of ether oxygens (including phenoxy) is 2. The van der Waals surface area contributed by atoms with Gasteiger partial charge in [-0.15, -0.1) is 0 Å². The van der Waals surface area contributed by atoms with Gasteiger partial charge in [-0.2, -0.15) is 9.78 Å². The van der Waals surface area contributed by atoms with Crippen LogP contribution in [-0.4, -0.2) is 70.6 Å². The maximum absolute atomic E-state index is 14.2. The van der Waals surface area contributed by atoms with Gasteiger partial charge in [-0.1, -0.05) is 31.0 Å². The fourth-order valence-corrected chi connectivity index (χ4v) is 5.76. The number of amides is 2. The minimum Gasteiger partial charge on any atom is -0.497 e. The van der Waals surface area contributed by atoms with Crippen LogP contribution >= 0.6 is 0 Å². The second-order valence-corrected chi connectivity index (χ2v) is 9.65. The number of nitrogens with one attached hydrogen (secondary N) is 1. The van der Waals surface area contributed by atoms with Crippen LogP contribution in [0.5, 0.6) is 5.75 Å². The third-order valence-corrected chi connectivity index (χ3v) is 7.72. The highest BCUT2D eigenvalue weighted by Gasteiger charge is 2.50. The van der Waals surface area contributed by atoms with Crippen LogP contribution < -0.4 is 10.1 Å². The van der Waals surface area contributed by atoms with E-state index in [0.717, 1.165) is 28.8 Å². The molecule has 0 spiro atoms. The number of aromatic nitrogens is 2. The van der Waals surface area contributed by atoms with Crippen LogP contribution in [-0.2, 0) is 19.7 Å². The Bertz CT molecular complexity index is 1330. The molecule has 1 aromatic heterocycles. The van der Waals surface area contributed by atoms with Gasteiger partial charge in [0.2, 0.25) is 11.8 Å². The van der Waals surface area contributed by atoms with Crippen LogP contribution in [0.15, 0.2) is 48.7 Å². The molecule has 194 valence electrons. The first-order valence-electron chi connectivity index (χ1n) is 12.4. The Hall–Kier alpha value is -3.92. The average molecular weight is 507 g/mol. The topological polar surface area (TPSA) is 123 Å². The highest BCUT2D eigenvalue weighted by Crippen LogP contribution is 2.44. The van der Waals surface area contributed by atoms with Crippen molar-refractivity contribution in [1.82, 2.24) is 14.7 Å². The van der Waals surface area contributed by atoms with Crippen molar-refractivity contribution in [3.63, 3.8) is 0 Å². The van der Waals surface area contributed by atoms with Crippen molar-refractivity contribution < 1.29 is 29.0 Å². The number of rotatable bonds is 6. The van der Waals surface area contributed by atoms with E-state index in [9.17, 15) is 19.5 Å².